The summed E-state index contributed by atoms with van der Waals surface area (Å²) < 4.78 is 5.06. The van der Waals surface area contributed by atoms with Crippen molar-refractivity contribution in [3.8, 4) is 5.75 Å². The number of amides is 1. The van der Waals surface area contributed by atoms with Crippen molar-refractivity contribution < 1.29 is 19.4 Å². The molecule has 0 aliphatic heterocycles. The Morgan fingerprint density at radius 2 is 2.00 bits per heavy atom. The number of methoxy groups -OCH3 is 1. The minimum Gasteiger partial charge on any atom is -0.497 e. The van der Waals surface area contributed by atoms with Crippen LogP contribution >= 0.6 is 0 Å². The predicted octanol–water partition coefficient (Wildman–Crippen LogP) is 1.96. The van der Waals surface area contributed by atoms with Crippen LogP contribution in [-0.4, -0.2) is 47.6 Å². The molecule has 0 heterocycles. The summed E-state index contributed by atoms with van der Waals surface area (Å²) in [6.07, 6.45) is 2.30. The number of hydrogen-bond donors (Lipinski definition) is 2. The molecule has 0 aromatic heterocycles. The monoisotopic (exact) mass is 306 g/mol. The second kappa shape index (κ2) is 7.26. The summed E-state index contributed by atoms with van der Waals surface area (Å²) >= 11 is 0. The van der Waals surface area contributed by atoms with Crippen LogP contribution in [0.2, 0.25) is 0 Å². The lowest BCUT2D eigenvalue weighted by Gasteiger charge is -2.25. The van der Waals surface area contributed by atoms with E-state index in [1.54, 1.807) is 38.3 Å². The highest BCUT2D eigenvalue weighted by molar-refractivity contribution is 5.90. The highest BCUT2D eigenvalue weighted by Crippen LogP contribution is 2.28. The zero-order chi connectivity index (χ0) is 16.1. The average molecular weight is 306 g/mol. The van der Waals surface area contributed by atoms with Gasteiger partial charge in [-0.05, 0) is 44.0 Å². The van der Waals surface area contributed by atoms with E-state index in [9.17, 15) is 9.59 Å². The van der Waals surface area contributed by atoms with E-state index < -0.39 is 12.0 Å². The maximum atomic E-state index is 12.0. The number of rotatable bonds is 8. The van der Waals surface area contributed by atoms with E-state index in [0.717, 1.165) is 18.6 Å². The fourth-order valence-electron chi connectivity index (χ4n) is 2.37. The predicted molar refractivity (Wildman–Crippen MR) is 83.1 cm³/mol. The quantitative estimate of drug-likeness (QED) is 0.767. The first-order valence-corrected chi connectivity index (χ1v) is 7.43. The maximum absolute atomic E-state index is 12.0. The molecule has 1 amide bonds. The standard InChI is InChI=1S/C16H22N2O4/c1-11(16(20)21)18(13-5-6-13)10-9-15(19)17-12-3-7-14(22-2)8-4-12/h3-4,7-8,11,13H,5-6,9-10H2,1-2H3,(H,17,19)(H,20,21). The first-order valence-electron chi connectivity index (χ1n) is 7.43. The first kappa shape index (κ1) is 16.3. The van der Waals surface area contributed by atoms with Crippen molar-refractivity contribution in [2.45, 2.75) is 38.3 Å². The van der Waals surface area contributed by atoms with Gasteiger partial charge in [-0.3, -0.25) is 14.5 Å². The Balaban J connectivity index is 1.84. The lowest BCUT2D eigenvalue weighted by Crippen LogP contribution is -2.42. The van der Waals surface area contributed by atoms with Gasteiger partial charge in [0.2, 0.25) is 5.91 Å². The molecule has 1 aliphatic rings. The average Bonchev–Trinajstić information content (AvgIpc) is 3.32. The number of benzene rings is 1. The van der Waals surface area contributed by atoms with Crippen LogP contribution in [0.5, 0.6) is 5.75 Å². The molecule has 1 aromatic carbocycles. The number of carbonyl (C=O) groups excluding carboxylic acids is 1. The molecule has 6 heteroatoms. The van der Waals surface area contributed by atoms with E-state index >= 15 is 0 Å². The van der Waals surface area contributed by atoms with Gasteiger partial charge < -0.3 is 15.2 Å². The third-order valence-electron chi connectivity index (χ3n) is 3.84. The molecule has 1 aliphatic carbocycles. The maximum Gasteiger partial charge on any atom is 0.320 e. The lowest BCUT2D eigenvalue weighted by molar-refractivity contribution is -0.143. The second-order valence-electron chi connectivity index (χ2n) is 5.51. The fourth-order valence-corrected chi connectivity index (χ4v) is 2.37. The normalized spacial score (nSPS) is 15.4. The molecule has 0 saturated heterocycles. The third-order valence-corrected chi connectivity index (χ3v) is 3.84. The summed E-state index contributed by atoms with van der Waals surface area (Å²) in [5.74, 6) is -0.232. The number of nitrogens with one attached hydrogen (secondary N) is 1. The Morgan fingerprint density at radius 3 is 2.50 bits per heavy atom. The van der Waals surface area contributed by atoms with Crippen molar-refractivity contribution in [1.82, 2.24) is 4.90 Å². The van der Waals surface area contributed by atoms with Gasteiger partial charge in [-0.25, -0.2) is 0 Å². The van der Waals surface area contributed by atoms with Crippen molar-refractivity contribution in [3.05, 3.63) is 24.3 Å². The van der Waals surface area contributed by atoms with Gasteiger partial charge in [-0.1, -0.05) is 0 Å². The van der Waals surface area contributed by atoms with E-state index in [0.29, 0.717) is 18.3 Å². The summed E-state index contributed by atoms with van der Waals surface area (Å²) in [5.41, 5.74) is 0.704. The van der Waals surface area contributed by atoms with Gasteiger partial charge in [-0.2, -0.15) is 0 Å². The summed E-state index contributed by atoms with van der Waals surface area (Å²) in [6, 6.07) is 6.85. The smallest absolute Gasteiger partial charge is 0.320 e. The molecule has 0 bridgehead atoms. The van der Waals surface area contributed by atoms with Gasteiger partial charge in [-0.15, -0.1) is 0 Å². The van der Waals surface area contributed by atoms with E-state index in [4.69, 9.17) is 9.84 Å². The Bertz CT molecular complexity index is 525. The summed E-state index contributed by atoms with van der Waals surface area (Å²) in [4.78, 5) is 25.0. The number of ether oxygens (including phenoxy) is 1. The minimum atomic E-state index is -0.845. The Morgan fingerprint density at radius 1 is 1.36 bits per heavy atom. The molecular weight excluding hydrogens is 284 g/mol. The molecular formula is C16H22N2O4. The van der Waals surface area contributed by atoms with Crippen LogP contribution < -0.4 is 10.1 Å². The van der Waals surface area contributed by atoms with Crippen LogP contribution in [0.25, 0.3) is 0 Å². The van der Waals surface area contributed by atoms with Crippen LogP contribution in [0.15, 0.2) is 24.3 Å². The minimum absolute atomic E-state index is 0.117. The number of hydrogen-bond acceptors (Lipinski definition) is 4. The van der Waals surface area contributed by atoms with Crippen molar-refractivity contribution in [1.29, 1.82) is 0 Å². The number of aliphatic carboxylic acids is 1. The van der Waals surface area contributed by atoms with Crippen molar-refractivity contribution in [3.63, 3.8) is 0 Å². The number of carboxylic acids is 1. The largest absolute Gasteiger partial charge is 0.497 e. The van der Waals surface area contributed by atoms with Crippen molar-refractivity contribution in [2.24, 2.45) is 0 Å². The van der Waals surface area contributed by atoms with Gasteiger partial charge in [0.05, 0.1) is 7.11 Å². The Hall–Kier alpha value is -2.08. The fraction of sp³-hybridized carbons (Fsp3) is 0.500. The number of carboxylic acid groups (broad SMARTS) is 1. The Labute approximate surface area is 130 Å². The molecule has 22 heavy (non-hydrogen) atoms. The zero-order valence-corrected chi connectivity index (χ0v) is 12.9. The molecule has 1 aromatic rings. The molecule has 1 fully saturated rings. The van der Waals surface area contributed by atoms with Crippen LogP contribution in [0.4, 0.5) is 5.69 Å². The summed E-state index contributed by atoms with van der Waals surface area (Å²) in [6.45, 7) is 2.13. The highest BCUT2D eigenvalue weighted by atomic mass is 16.5. The number of nitrogens with zero attached hydrogens (tertiary/aromatic N) is 1. The van der Waals surface area contributed by atoms with Crippen LogP contribution in [0.1, 0.15) is 26.2 Å². The summed E-state index contributed by atoms with van der Waals surface area (Å²) in [5, 5.41) is 11.9. The lowest BCUT2D eigenvalue weighted by atomic mass is 10.2. The van der Waals surface area contributed by atoms with E-state index in [1.165, 1.54) is 0 Å². The number of carbonyl (C=O) groups is 2. The van der Waals surface area contributed by atoms with E-state index in [2.05, 4.69) is 5.32 Å². The third kappa shape index (κ3) is 4.46. The van der Waals surface area contributed by atoms with Gasteiger partial charge >= 0.3 is 5.97 Å². The molecule has 0 radical (unpaired) electrons. The SMILES string of the molecule is COc1ccc(NC(=O)CCN(C2CC2)C(C)C(=O)O)cc1. The van der Waals surface area contributed by atoms with E-state index in [-0.39, 0.29) is 12.3 Å². The summed E-state index contributed by atoms with van der Waals surface area (Å²) in [7, 11) is 1.59. The molecule has 2 rings (SSSR count). The zero-order valence-electron chi connectivity index (χ0n) is 12.9. The van der Waals surface area contributed by atoms with Crippen LogP contribution in [0.3, 0.4) is 0 Å². The Kier molecular flexibility index (Phi) is 5.38. The molecule has 1 unspecified atom stereocenters. The number of anilines is 1. The molecule has 120 valence electrons. The van der Waals surface area contributed by atoms with Crippen molar-refractivity contribution >= 4 is 17.6 Å². The van der Waals surface area contributed by atoms with Gasteiger partial charge in [0.15, 0.2) is 0 Å². The van der Waals surface area contributed by atoms with Gasteiger partial charge in [0, 0.05) is 24.7 Å². The van der Waals surface area contributed by atoms with Crippen LogP contribution in [0, 0.1) is 0 Å². The highest BCUT2D eigenvalue weighted by Gasteiger charge is 2.34. The molecule has 6 nitrogen and oxygen atoms in total. The van der Waals surface area contributed by atoms with Crippen molar-refractivity contribution in [2.75, 3.05) is 19.0 Å². The topological polar surface area (TPSA) is 78.9 Å². The van der Waals surface area contributed by atoms with Crippen LogP contribution in [-0.2, 0) is 9.59 Å². The molecule has 1 saturated carbocycles. The molecule has 2 N–H and O–H groups in total. The first-order chi connectivity index (χ1) is 10.5. The van der Waals surface area contributed by atoms with Gasteiger partial charge in [0.1, 0.15) is 11.8 Å². The van der Waals surface area contributed by atoms with Gasteiger partial charge in [0.25, 0.3) is 0 Å². The second-order valence-corrected chi connectivity index (χ2v) is 5.51. The molecule has 1 atom stereocenters. The molecule has 0 spiro atoms. The van der Waals surface area contributed by atoms with E-state index in [1.807, 2.05) is 4.90 Å².